The van der Waals surface area contributed by atoms with Crippen molar-refractivity contribution in [2.75, 3.05) is 31.1 Å². The maximum atomic E-state index is 11.6. The molecule has 0 bridgehead atoms. The Labute approximate surface area is 116 Å². The third-order valence-electron chi connectivity index (χ3n) is 2.73. The molecule has 6 nitrogen and oxygen atoms in total. The van der Waals surface area contributed by atoms with Crippen LogP contribution < -0.4 is 5.43 Å². The Morgan fingerprint density at radius 1 is 1.47 bits per heavy atom. The summed E-state index contributed by atoms with van der Waals surface area (Å²) >= 11 is 1.53. The molecule has 0 unspecified atom stereocenters. The molecule has 0 atom stereocenters. The summed E-state index contributed by atoms with van der Waals surface area (Å²) in [5.41, 5.74) is 2.44. The maximum Gasteiger partial charge on any atom is 0.254 e. The quantitative estimate of drug-likeness (QED) is 0.623. The summed E-state index contributed by atoms with van der Waals surface area (Å²) in [6, 6.07) is 3.80. The monoisotopic (exact) mass is 301 g/mol. The highest BCUT2D eigenvalue weighted by Crippen LogP contribution is 2.04. The molecule has 1 aliphatic heterocycles. The Hall–Kier alpha value is -1.25. The molecular formula is C11H15N3O3S2. The number of amides is 1. The lowest BCUT2D eigenvalue weighted by atomic mass is 10.4. The Morgan fingerprint density at radius 2 is 2.21 bits per heavy atom. The molecule has 1 aromatic heterocycles. The molecule has 2 heterocycles. The Morgan fingerprint density at radius 3 is 2.84 bits per heavy atom. The molecule has 0 aliphatic carbocycles. The first-order valence-corrected chi connectivity index (χ1v) is 8.53. The number of nitrogens with one attached hydrogen (secondary N) is 1. The van der Waals surface area contributed by atoms with E-state index in [-0.39, 0.29) is 24.0 Å². The predicted molar refractivity (Wildman–Crippen MR) is 75.1 cm³/mol. The molecule has 1 amide bonds. The van der Waals surface area contributed by atoms with E-state index in [9.17, 15) is 13.2 Å². The highest BCUT2D eigenvalue weighted by atomic mass is 32.2. The third-order valence-corrected chi connectivity index (χ3v) is 5.14. The van der Waals surface area contributed by atoms with Gasteiger partial charge in [-0.15, -0.1) is 11.3 Å². The van der Waals surface area contributed by atoms with Crippen molar-refractivity contribution in [2.45, 2.75) is 0 Å². The van der Waals surface area contributed by atoms with Crippen LogP contribution in [0.5, 0.6) is 0 Å². The zero-order valence-electron chi connectivity index (χ0n) is 10.3. The fraction of sp³-hybridized carbons (Fsp3) is 0.455. The van der Waals surface area contributed by atoms with Gasteiger partial charge in [0.2, 0.25) is 0 Å². The minimum absolute atomic E-state index is 0.124. The molecule has 0 spiro atoms. The van der Waals surface area contributed by atoms with E-state index in [0.29, 0.717) is 13.1 Å². The van der Waals surface area contributed by atoms with Gasteiger partial charge in [0.25, 0.3) is 5.91 Å². The Bertz CT molecular complexity index is 538. The van der Waals surface area contributed by atoms with Gasteiger partial charge in [0.05, 0.1) is 24.3 Å². The molecule has 104 valence electrons. The third kappa shape index (κ3) is 4.73. The number of hydrazone groups is 1. The molecule has 1 saturated heterocycles. The van der Waals surface area contributed by atoms with Gasteiger partial charge in [-0.25, -0.2) is 13.8 Å². The summed E-state index contributed by atoms with van der Waals surface area (Å²) < 4.78 is 22.5. The van der Waals surface area contributed by atoms with Crippen molar-refractivity contribution in [3.63, 3.8) is 0 Å². The summed E-state index contributed by atoms with van der Waals surface area (Å²) in [5.74, 6) is 0.0180. The second kappa shape index (κ2) is 6.27. The van der Waals surface area contributed by atoms with Gasteiger partial charge in [0, 0.05) is 18.0 Å². The number of carbonyl (C=O) groups excluding carboxylic acids is 1. The number of carbonyl (C=O) groups is 1. The molecule has 1 aliphatic rings. The molecule has 8 heteroatoms. The van der Waals surface area contributed by atoms with E-state index < -0.39 is 9.84 Å². The zero-order chi connectivity index (χ0) is 13.7. The molecule has 0 aromatic carbocycles. The van der Waals surface area contributed by atoms with Crippen LogP contribution in [-0.4, -0.2) is 56.6 Å². The van der Waals surface area contributed by atoms with Gasteiger partial charge < -0.3 is 0 Å². The SMILES string of the molecule is O=C(CN1CCS(=O)(=O)CC1)NN=Cc1cccs1. The second-order valence-electron chi connectivity index (χ2n) is 4.24. The summed E-state index contributed by atoms with van der Waals surface area (Å²) in [6.07, 6.45) is 1.59. The number of thiophene rings is 1. The minimum Gasteiger partial charge on any atom is -0.292 e. The van der Waals surface area contributed by atoms with Crippen LogP contribution in [0.15, 0.2) is 22.6 Å². The topological polar surface area (TPSA) is 78.8 Å². The number of nitrogens with zero attached hydrogens (tertiary/aromatic N) is 2. The average molecular weight is 301 g/mol. The van der Waals surface area contributed by atoms with E-state index in [1.165, 1.54) is 11.3 Å². The zero-order valence-corrected chi connectivity index (χ0v) is 11.9. The van der Waals surface area contributed by atoms with Crippen molar-refractivity contribution in [1.82, 2.24) is 10.3 Å². The fourth-order valence-corrected chi connectivity index (χ4v) is 3.54. The van der Waals surface area contributed by atoms with E-state index in [2.05, 4.69) is 10.5 Å². The first-order valence-electron chi connectivity index (χ1n) is 5.83. The lowest BCUT2D eigenvalue weighted by molar-refractivity contribution is -0.122. The molecule has 2 rings (SSSR count). The number of hydrogen-bond acceptors (Lipinski definition) is 6. The van der Waals surface area contributed by atoms with Crippen molar-refractivity contribution >= 4 is 33.3 Å². The average Bonchev–Trinajstić information content (AvgIpc) is 2.85. The summed E-state index contributed by atoms with van der Waals surface area (Å²) in [6.45, 7) is 0.992. The lowest BCUT2D eigenvalue weighted by Gasteiger charge is -2.25. The van der Waals surface area contributed by atoms with Gasteiger partial charge in [-0.2, -0.15) is 5.10 Å². The van der Waals surface area contributed by atoms with Crippen LogP contribution in [0, 0.1) is 0 Å². The van der Waals surface area contributed by atoms with Gasteiger partial charge in [-0.05, 0) is 11.4 Å². The highest BCUT2D eigenvalue weighted by Gasteiger charge is 2.22. The van der Waals surface area contributed by atoms with Crippen LogP contribution in [0.3, 0.4) is 0 Å². The smallest absolute Gasteiger partial charge is 0.254 e. The van der Waals surface area contributed by atoms with E-state index >= 15 is 0 Å². The van der Waals surface area contributed by atoms with Gasteiger partial charge in [0.15, 0.2) is 9.84 Å². The molecule has 0 radical (unpaired) electrons. The Balaban J connectivity index is 1.73. The van der Waals surface area contributed by atoms with Crippen LogP contribution in [0.2, 0.25) is 0 Å². The summed E-state index contributed by atoms with van der Waals surface area (Å²) in [7, 11) is -2.90. The van der Waals surface area contributed by atoms with Crippen LogP contribution >= 0.6 is 11.3 Å². The molecule has 1 fully saturated rings. The molecule has 19 heavy (non-hydrogen) atoms. The summed E-state index contributed by atoms with van der Waals surface area (Å²) in [5, 5.41) is 5.78. The fourth-order valence-electron chi connectivity index (χ4n) is 1.68. The summed E-state index contributed by atoms with van der Waals surface area (Å²) in [4.78, 5) is 14.4. The van der Waals surface area contributed by atoms with E-state index in [4.69, 9.17) is 0 Å². The van der Waals surface area contributed by atoms with Crippen molar-refractivity contribution in [1.29, 1.82) is 0 Å². The number of sulfone groups is 1. The first kappa shape index (κ1) is 14.2. The van der Waals surface area contributed by atoms with Crippen LogP contribution in [0.4, 0.5) is 0 Å². The van der Waals surface area contributed by atoms with Crippen molar-refractivity contribution < 1.29 is 13.2 Å². The lowest BCUT2D eigenvalue weighted by Crippen LogP contribution is -2.44. The van der Waals surface area contributed by atoms with Crippen LogP contribution in [-0.2, 0) is 14.6 Å². The van der Waals surface area contributed by atoms with Gasteiger partial charge in [-0.1, -0.05) is 6.07 Å². The first-order chi connectivity index (χ1) is 9.05. The normalized spacial score (nSPS) is 19.6. The maximum absolute atomic E-state index is 11.6. The molecule has 1 N–H and O–H groups in total. The molecular weight excluding hydrogens is 286 g/mol. The van der Waals surface area contributed by atoms with Crippen LogP contribution in [0.25, 0.3) is 0 Å². The Kier molecular flexibility index (Phi) is 4.67. The van der Waals surface area contributed by atoms with Crippen molar-refractivity contribution in [2.24, 2.45) is 5.10 Å². The highest BCUT2D eigenvalue weighted by molar-refractivity contribution is 7.91. The largest absolute Gasteiger partial charge is 0.292 e. The van der Waals surface area contributed by atoms with Gasteiger partial charge in [-0.3, -0.25) is 9.69 Å². The minimum atomic E-state index is -2.90. The standard InChI is InChI=1S/C11H15N3O3S2/c15-11(13-12-8-10-2-1-5-18-10)9-14-3-6-19(16,17)7-4-14/h1-2,5,8H,3-4,6-7,9H2,(H,13,15). The number of rotatable bonds is 4. The van der Waals surface area contributed by atoms with Crippen molar-refractivity contribution in [3.05, 3.63) is 22.4 Å². The molecule has 1 aromatic rings. The van der Waals surface area contributed by atoms with E-state index in [1.807, 2.05) is 22.4 Å². The van der Waals surface area contributed by atoms with E-state index in [0.717, 1.165) is 4.88 Å². The second-order valence-corrected chi connectivity index (χ2v) is 7.52. The van der Waals surface area contributed by atoms with Gasteiger partial charge >= 0.3 is 0 Å². The van der Waals surface area contributed by atoms with Gasteiger partial charge in [0.1, 0.15) is 0 Å². The number of hydrogen-bond donors (Lipinski definition) is 1. The van der Waals surface area contributed by atoms with Crippen molar-refractivity contribution in [3.8, 4) is 0 Å². The predicted octanol–water partition coefficient (Wildman–Crippen LogP) is -0.0714. The van der Waals surface area contributed by atoms with Crippen LogP contribution in [0.1, 0.15) is 4.88 Å². The van der Waals surface area contributed by atoms with E-state index in [1.54, 1.807) is 6.21 Å². The molecule has 0 saturated carbocycles.